The van der Waals surface area contributed by atoms with E-state index in [0.29, 0.717) is 32.6 Å². The van der Waals surface area contributed by atoms with E-state index in [4.69, 9.17) is 0 Å². The summed E-state index contributed by atoms with van der Waals surface area (Å²) >= 11 is 0. The number of alkyl halides is 3. The van der Waals surface area contributed by atoms with Gasteiger partial charge < -0.3 is 10.1 Å². The number of rotatable bonds is 10. The second-order valence-corrected chi connectivity index (χ2v) is 6.01. The van der Waals surface area contributed by atoms with Gasteiger partial charge in [-0.15, -0.1) is 0 Å². The van der Waals surface area contributed by atoms with Crippen molar-refractivity contribution >= 4 is 10.0 Å². The monoisotopic (exact) mass is 306 g/mol. The van der Waals surface area contributed by atoms with E-state index in [-0.39, 0.29) is 6.61 Å². The van der Waals surface area contributed by atoms with E-state index in [2.05, 4.69) is 10.1 Å². The molecule has 0 aliphatic heterocycles. The summed E-state index contributed by atoms with van der Waals surface area (Å²) in [6.07, 6.45) is -2.55. The van der Waals surface area contributed by atoms with Crippen LogP contribution in [0.5, 0.6) is 0 Å². The summed E-state index contributed by atoms with van der Waals surface area (Å²) in [6.45, 7) is 2.12. The third-order valence-corrected chi connectivity index (χ3v) is 3.65. The second kappa shape index (κ2) is 8.72. The minimum atomic E-state index is -4.29. The van der Waals surface area contributed by atoms with Crippen LogP contribution in [0.15, 0.2) is 0 Å². The molecule has 0 heterocycles. The molecule has 9 heteroatoms. The highest BCUT2D eigenvalue weighted by atomic mass is 32.2. The molecule has 0 aromatic heterocycles. The number of hydrogen-bond acceptors (Lipinski definition) is 4. The van der Waals surface area contributed by atoms with E-state index in [1.807, 2.05) is 0 Å². The van der Waals surface area contributed by atoms with Gasteiger partial charge in [0, 0.05) is 19.6 Å². The lowest BCUT2D eigenvalue weighted by Gasteiger charge is -2.17. The van der Waals surface area contributed by atoms with Gasteiger partial charge in [-0.3, -0.25) is 0 Å². The van der Waals surface area contributed by atoms with E-state index >= 15 is 0 Å². The Hall–Kier alpha value is -0.380. The fraction of sp³-hybridized carbons (Fsp3) is 1.00. The first-order valence-corrected chi connectivity index (χ1v) is 7.82. The van der Waals surface area contributed by atoms with Crippen molar-refractivity contribution in [3.8, 4) is 0 Å². The summed E-state index contributed by atoms with van der Waals surface area (Å²) in [5.41, 5.74) is 0. The molecule has 0 saturated carbocycles. The molecule has 0 rings (SSSR count). The van der Waals surface area contributed by atoms with Gasteiger partial charge in [-0.1, -0.05) is 6.92 Å². The van der Waals surface area contributed by atoms with Gasteiger partial charge in [0.05, 0.1) is 12.9 Å². The Morgan fingerprint density at radius 3 is 2.37 bits per heavy atom. The molecule has 0 aromatic carbocycles. The maximum atomic E-state index is 11.7. The molecule has 0 fully saturated rings. The number of ether oxygens (including phenoxy) is 1. The Morgan fingerprint density at radius 1 is 1.26 bits per heavy atom. The maximum absolute atomic E-state index is 11.7. The Balaban J connectivity index is 3.51. The van der Waals surface area contributed by atoms with Crippen LogP contribution in [0.2, 0.25) is 0 Å². The van der Waals surface area contributed by atoms with Crippen molar-refractivity contribution < 1.29 is 26.3 Å². The highest BCUT2D eigenvalue weighted by Gasteiger charge is 2.27. The molecular formula is C10H21F3N2O3S. The molecule has 0 unspecified atom stereocenters. The van der Waals surface area contributed by atoms with Crippen LogP contribution in [0.3, 0.4) is 0 Å². The summed E-state index contributed by atoms with van der Waals surface area (Å²) in [7, 11) is -3.18. The SMILES string of the molecule is CCN(CCCNCCOCC(F)(F)F)S(C)(=O)=O. The normalized spacial score (nSPS) is 13.2. The van der Waals surface area contributed by atoms with Gasteiger partial charge in [-0.25, -0.2) is 12.7 Å². The predicted molar refractivity (Wildman–Crippen MR) is 66.5 cm³/mol. The molecule has 5 nitrogen and oxygen atoms in total. The zero-order valence-corrected chi connectivity index (χ0v) is 12.0. The molecule has 0 radical (unpaired) electrons. The Kier molecular flexibility index (Phi) is 8.55. The van der Waals surface area contributed by atoms with Gasteiger partial charge in [-0.2, -0.15) is 13.2 Å². The molecule has 0 aliphatic carbocycles. The number of halogens is 3. The van der Waals surface area contributed by atoms with Gasteiger partial charge in [0.1, 0.15) is 6.61 Å². The Labute approximate surface area is 112 Å². The van der Waals surface area contributed by atoms with Gasteiger partial charge in [0.2, 0.25) is 10.0 Å². The summed E-state index contributed by atoms with van der Waals surface area (Å²) in [6, 6.07) is 0. The van der Waals surface area contributed by atoms with Gasteiger partial charge in [0.25, 0.3) is 0 Å². The van der Waals surface area contributed by atoms with Crippen molar-refractivity contribution in [2.45, 2.75) is 19.5 Å². The van der Waals surface area contributed by atoms with Crippen molar-refractivity contribution in [3.63, 3.8) is 0 Å². The minimum absolute atomic E-state index is 0.0247. The average Bonchev–Trinajstić information content (AvgIpc) is 2.23. The van der Waals surface area contributed by atoms with Crippen molar-refractivity contribution in [1.29, 1.82) is 0 Å². The van der Waals surface area contributed by atoms with Crippen LogP contribution < -0.4 is 5.32 Å². The smallest absolute Gasteiger partial charge is 0.371 e. The summed E-state index contributed by atoms with van der Waals surface area (Å²) in [5, 5.41) is 2.89. The largest absolute Gasteiger partial charge is 0.411 e. The molecule has 0 amide bonds. The van der Waals surface area contributed by atoms with Crippen molar-refractivity contribution in [3.05, 3.63) is 0 Å². The third kappa shape index (κ3) is 11.2. The number of nitrogens with zero attached hydrogens (tertiary/aromatic N) is 1. The first kappa shape index (κ1) is 18.6. The molecule has 0 spiro atoms. The molecule has 1 N–H and O–H groups in total. The summed E-state index contributed by atoms with van der Waals surface area (Å²) < 4.78 is 63.4. The van der Waals surface area contributed by atoms with Gasteiger partial charge in [-0.05, 0) is 13.0 Å². The lowest BCUT2D eigenvalue weighted by Crippen LogP contribution is -2.33. The minimum Gasteiger partial charge on any atom is -0.371 e. The quantitative estimate of drug-likeness (QED) is 0.607. The van der Waals surface area contributed by atoms with Gasteiger partial charge in [0.15, 0.2) is 0 Å². The zero-order valence-electron chi connectivity index (χ0n) is 11.2. The highest BCUT2D eigenvalue weighted by molar-refractivity contribution is 7.88. The van der Waals surface area contributed by atoms with Crippen molar-refractivity contribution in [2.24, 2.45) is 0 Å². The van der Waals surface area contributed by atoms with E-state index < -0.39 is 22.8 Å². The highest BCUT2D eigenvalue weighted by Crippen LogP contribution is 2.13. The van der Waals surface area contributed by atoms with Crippen LogP contribution >= 0.6 is 0 Å². The molecule has 116 valence electrons. The topological polar surface area (TPSA) is 58.6 Å². The second-order valence-electron chi connectivity index (χ2n) is 4.03. The Morgan fingerprint density at radius 2 is 1.89 bits per heavy atom. The van der Waals surface area contributed by atoms with Crippen LogP contribution in [-0.4, -0.2) is 64.5 Å². The predicted octanol–water partition coefficient (Wildman–Crippen LogP) is 0.827. The van der Waals surface area contributed by atoms with E-state index in [0.717, 1.165) is 6.26 Å². The van der Waals surface area contributed by atoms with E-state index in [1.54, 1.807) is 6.92 Å². The lowest BCUT2D eigenvalue weighted by molar-refractivity contribution is -0.173. The average molecular weight is 306 g/mol. The molecule has 19 heavy (non-hydrogen) atoms. The molecule has 0 saturated heterocycles. The van der Waals surface area contributed by atoms with Crippen molar-refractivity contribution in [2.75, 3.05) is 45.6 Å². The number of hydrogen-bond donors (Lipinski definition) is 1. The first-order chi connectivity index (χ1) is 8.67. The number of nitrogens with one attached hydrogen (secondary N) is 1. The third-order valence-electron chi connectivity index (χ3n) is 2.27. The first-order valence-electron chi connectivity index (χ1n) is 5.97. The number of sulfonamides is 1. The Bertz CT molecular complexity index is 333. The van der Waals surface area contributed by atoms with Gasteiger partial charge >= 0.3 is 6.18 Å². The summed E-state index contributed by atoms with van der Waals surface area (Å²) in [5.74, 6) is 0. The van der Waals surface area contributed by atoms with Crippen LogP contribution in [0, 0.1) is 0 Å². The van der Waals surface area contributed by atoms with Crippen LogP contribution in [0.4, 0.5) is 13.2 Å². The summed E-state index contributed by atoms with van der Waals surface area (Å²) in [4.78, 5) is 0. The maximum Gasteiger partial charge on any atom is 0.411 e. The zero-order chi connectivity index (χ0) is 14.9. The lowest BCUT2D eigenvalue weighted by atomic mass is 10.4. The van der Waals surface area contributed by atoms with Crippen LogP contribution in [-0.2, 0) is 14.8 Å². The molecular weight excluding hydrogens is 285 g/mol. The van der Waals surface area contributed by atoms with Crippen LogP contribution in [0.1, 0.15) is 13.3 Å². The molecule has 0 aromatic rings. The molecule has 0 bridgehead atoms. The van der Waals surface area contributed by atoms with Crippen LogP contribution in [0.25, 0.3) is 0 Å². The van der Waals surface area contributed by atoms with Crippen molar-refractivity contribution in [1.82, 2.24) is 9.62 Å². The van der Waals surface area contributed by atoms with E-state index in [1.165, 1.54) is 4.31 Å². The molecule has 0 aliphatic rings. The van der Waals surface area contributed by atoms with E-state index in [9.17, 15) is 21.6 Å². The standard InChI is InChI=1S/C10H21F3N2O3S/c1-3-15(19(2,16)17)7-4-5-14-6-8-18-9-10(11,12)13/h14H,3-9H2,1-2H3. The fourth-order valence-corrected chi connectivity index (χ4v) is 2.33. The molecule has 0 atom stereocenters. The fourth-order valence-electron chi connectivity index (χ4n) is 1.40.